The van der Waals surface area contributed by atoms with E-state index in [0.29, 0.717) is 25.3 Å². The standard InChI is InChI=1S/C12H15NO5S/c1-17-12(14)9-2-4-10(5-3-9)13-6-7-18-11(8-13)19(15)16/h2-5,11H,6-8H2,1H3,(H,15,16)/t11-/m1/s1. The maximum Gasteiger partial charge on any atom is 0.337 e. The highest BCUT2D eigenvalue weighted by atomic mass is 32.2. The molecule has 0 aromatic heterocycles. The third kappa shape index (κ3) is 3.31. The van der Waals surface area contributed by atoms with E-state index >= 15 is 0 Å². The van der Waals surface area contributed by atoms with Crippen LogP contribution in [0.15, 0.2) is 24.3 Å². The lowest BCUT2D eigenvalue weighted by molar-refractivity contribution is 0.0600. The maximum absolute atomic E-state index is 11.3. The number of methoxy groups -OCH3 is 1. The van der Waals surface area contributed by atoms with Crippen molar-refractivity contribution in [3.8, 4) is 0 Å². The Balaban J connectivity index is 2.09. The molecule has 1 unspecified atom stereocenters. The number of morpholine rings is 1. The highest BCUT2D eigenvalue weighted by Gasteiger charge is 2.24. The van der Waals surface area contributed by atoms with Crippen LogP contribution in [-0.4, -0.2) is 47.0 Å². The van der Waals surface area contributed by atoms with Gasteiger partial charge in [-0.25, -0.2) is 9.00 Å². The zero-order chi connectivity index (χ0) is 13.8. The minimum absolute atomic E-state index is 0.348. The lowest BCUT2D eigenvalue weighted by Crippen LogP contribution is -2.44. The van der Waals surface area contributed by atoms with E-state index in [1.807, 2.05) is 4.90 Å². The molecule has 104 valence electrons. The largest absolute Gasteiger partial charge is 0.465 e. The molecule has 2 atom stereocenters. The fraction of sp³-hybridized carbons (Fsp3) is 0.417. The molecule has 2 rings (SSSR count). The molecule has 19 heavy (non-hydrogen) atoms. The molecule has 1 heterocycles. The lowest BCUT2D eigenvalue weighted by Gasteiger charge is -2.32. The predicted molar refractivity (Wildman–Crippen MR) is 70.5 cm³/mol. The molecule has 0 aliphatic carbocycles. The highest BCUT2D eigenvalue weighted by Crippen LogP contribution is 2.19. The minimum atomic E-state index is -2.00. The Labute approximate surface area is 113 Å². The van der Waals surface area contributed by atoms with Crippen LogP contribution < -0.4 is 4.90 Å². The van der Waals surface area contributed by atoms with E-state index in [4.69, 9.17) is 9.29 Å². The van der Waals surface area contributed by atoms with Gasteiger partial charge in [0, 0.05) is 12.2 Å². The Morgan fingerprint density at radius 3 is 2.74 bits per heavy atom. The van der Waals surface area contributed by atoms with E-state index in [9.17, 15) is 9.00 Å². The maximum atomic E-state index is 11.3. The van der Waals surface area contributed by atoms with Gasteiger partial charge in [0.2, 0.25) is 0 Å². The fourth-order valence-corrected chi connectivity index (χ4v) is 2.42. The Bertz CT molecular complexity index is 476. The van der Waals surface area contributed by atoms with Crippen molar-refractivity contribution >= 4 is 22.7 Å². The monoisotopic (exact) mass is 285 g/mol. The highest BCUT2D eigenvalue weighted by molar-refractivity contribution is 7.79. The van der Waals surface area contributed by atoms with Crippen LogP contribution in [0.25, 0.3) is 0 Å². The summed E-state index contributed by atoms with van der Waals surface area (Å²) in [6.45, 7) is 1.39. The second kappa shape index (κ2) is 6.14. The summed E-state index contributed by atoms with van der Waals surface area (Å²) < 4.78 is 29.9. The summed E-state index contributed by atoms with van der Waals surface area (Å²) >= 11 is -2.00. The number of esters is 1. The third-order valence-corrected chi connectivity index (χ3v) is 3.65. The number of nitrogens with zero attached hydrogens (tertiary/aromatic N) is 1. The number of benzene rings is 1. The first-order valence-corrected chi connectivity index (χ1v) is 6.93. The van der Waals surface area contributed by atoms with E-state index in [0.717, 1.165) is 5.69 Å². The topological polar surface area (TPSA) is 76.1 Å². The average molecular weight is 285 g/mol. The van der Waals surface area contributed by atoms with Crippen molar-refractivity contribution < 1.29 is 23.0 Å². The van der Waals surface area contributed by atoms with Gasteiger partial charge in [-0.1, -0.05) is 0 Å². The Morgan fingerprint density at radius 1 is 1.47 bits per heavy atom. The van der Waals surface area contributed by atoms with Gasteiger partial charge >= 0.3 is 5.97 Å². The molecular formula is C12H15NO5S. The molecule has 0 spiro atoms. The predicted octanol–water partition coefficient (Wildman–Crippen LogP) is 0.858. The zero-order valence-electron chi connectivity index (χ0n) is 10.4. The number of hydrogen-bond acceptors (Lipinski definition) is 5. The summed E-state index contributed by atoms with van der Waals surface area (Å²) in [6, 6.07) is 6.91. The quantitative estimate of drug-likeness (QED) is 0.655. The molecule has 1 aromatic rings. The van der Waals surface area contributed by atoms with Crippen molar-refractivity contribution in [1.82, 2.24) is 0 Å². The molecule has 0 saturated carbocycles. The third-order valence-electron chi connectivity index (χ3n) is 2.91. The van der Waals surface area contributed by atoms with Crippen LogP contribution >= 0.6 is 0 Å². The van der Waals surface area contributed by atoms with Crippen LogP contribution in [0.3, 0.4) is 0 Å². The summed E-state index contributed by atoms with van der Waals surface area (Å²) in [7, 11) is 1.33. The van der Waals surface area contributed by atoms with Crippen molar-refractivity contribution in [1.29, 1.82) is 0 Å². The van der Waals surface area contributed by atoms with E-state index < -0.39 is 16.5 Å². The van der Waals surface area contributed by atoms with Crippen molar-refractivity contribution in [3.63, 3.8) is 0 Å². The van der Waals surface area contributed by atoms with Gasteiger partial charge in [-0.05, 0) is 24.3 Å². The molecule has 0 amide bonds. The van der Waals surface area contributed by atoms with Gasteiger partial charge in [0.15, 0.2) is 16.5 Å². The van der Waals surface area contributed by atoms with Crippen molar-refractivity contribution in [3.05, 3.63) is 29.8 Å². The number of rotatable bonds is 3. The van der Waals surface area contributed by atoms with Crippen LogP contribution in [0, 0.1) is 0 Å². The minimum Gasteiger partial charge on any atom is -0.465 e. The summed E-state index contributed by atoms with van der Waals surface area (Å²) in [5, 5.41) is 0. The Morgan fingerprint density at radius 2 is 2.16 bits per heavy atom. The lowest BCUT2D eigenvalue weighted by atomic mass is 10.2. The van der Waals surface area contributed by atoms with Crippen molar-refractivity contribution in [2.24, 2.45) is 0 Å². The van der Waals surface area contributed by atoms with Gasteiger partial charge in [0.05, 0.1) is 25.8 Å². The number of ether oxygens (including phenoxy) is 2. The van der Waals surface area contributed by atoms with Gasteiger partial charge in [0.1, 0.15) is 0 Å². The number of carbonyl (C=O) groups excluding carboxylic acids is 1. The summed E-state index contributed by atoms with van der Waals surface area (Å²) in [4.78, 5) is 13.3. The summed E-state index contributed by atoms with van der Waals surface area (Å²) in [6.07, 6.45) is 0. The number of carbonyl (C=O) groups is 1. The molecule has 1 aliphatic heterocycles. The number of anilines is 1. The zero-order valence-corrected chi connectivity index (χ0v) is 11.3. The van der Waals surface area contributed by atoms with E-state index in [1.54, 1.807) is 24.3 Å². The van der Waals surface area contributed by atoms with Gasteiger partial charge in [-0.15, -0.1) is 0 Å². The van der Waals surface area contributed by atoms with Gasteiger partial charge in [-0.2, -0.15) is 0 Å². The van der Waals surface area contributed by atoms with Crippen molar-refractivity contribution in [2.45, 2.75) is 5.44 Å². The van der Waals surface area contributed by atoms with E-state index in [2.05, 4.69) is 4.74 Å². The second-order valence-corrected chi connectivity index (χ2v) is 5.14. The first kappa shape index (κ1) is 14.0. The van der Waals surface area contributed by atoms with Crippen LogP contribution in [0.2, 0.25) is 0 Å². The molecule has 0 bridgehead atoms. The van der Waals surface area contributed by atoms with Crippen LogP contribution in [0.5, 0.6) is 0 Å². The molecule has 6 nitrogen and oxygen atoms in total. The molecule has 1 fully saturated rings. The van der Waals surface area contributed by atoms with Gasteiger partial charge in [-0.3, -0.25) is 0 Å². The van der Waals surface area contributed by atoms with Crippen LogP contribution in [-0.2, 0) is 20.6 Å². The molecule has 1 aliphatic rings. The SMILES string of the molecule is COC(=O)c1ccc(N2CCO[C@H](S(=O)O)C2)cc1. The molecular weight excluding hydrogens is 270 g/mol. The van der Waals surface area contributed by atoms with Crippen LogP contribution in [0.1, 0.15) is 10.4 Å². The molecule has 0 radical (unpaired) electrons. The second-order valence-electron chi connectivity index (χ2n) is 4.06. The molecule has 1 N–H and O–H groups in total. The summed E-state index contributed by atoms with van der Waals surface area (Å²) in [5.74, 6) is -0.386. The molecule has 7 heteroatoms. The summed E-state index contributed by atoms with van der Waals surface area (Å²) in [5.41, 5.74) is 0.655. The average Bonchev–Trinajstić information content (AvgIpc) is 2.46. The van der Waals surface area contributed by atoms with E-state index in [1.165, 1.54) is 7.11 Å². The fourth-order valence-electron chi connectivity index (χ4n) is 1.90. The first-order valence-electron chi connectivity index (χ1n) is 5.76. The van der Waals surface area contributed by atoms with E-state index in [-0.39, 0.29) is 5.97 Å². The Hall–Kier alpha value is -1.44. The first-order chi connectivity index (χ1) is 9.11. The molecule has 1 saturated heterocycles. The van der Waals surface area contributed by atoms with Gasteiger partial charge < -0.3 is 18.9 Å². The molecule has 1 aromatic carbocycles. The number of hydrogen-bond donors (Lipinski definition) is 1. The van der Waals surface area contributed by atoms with Crippen molar-refractivity contribution in [2.75, 3.05) is 31.7 Å². The smallest absolute Gasteiger partial charge is 0.337 e. The normalized spacial score (nSPS) is 20.9. The van der Waals surface area contributed by atoms with Crippen LogP contribution in [0.4, 0.5) is 5.69 Å². The van der Waals surface area contributed by atoms with Gasteiger partial charge in [0.25, 0.3) is 0 Å². The Kier molecular flexibility index (Phi) is 4.52.